The number of nitrogens with zero attached hydrogens (tertiary/aromatic N) is 3. The predicted molar refractivity (Wildman–Crippen MR) is 84.5 cm³/mol. The van der Waals surface area contributed by atoms with Crippen LogP contribution in [-0.4, -0.2) is 39.8 Å². The lowest BCUT2D eigenvalue weighted by Gasteiger charge is -2.24. The summed E-state index contributed by atoms with van der Waals surface area (Å²) < 4.78 is 5.37. The monoisotopic (exact) mass is 321 g/mol. The molecule has 2 atom stereocenters. The summed E-state index contributed by atoms with van der Waals surface area (Å²) in [6.07, 6.45) is 1.99. The van der Waals surface area contributed by atoms with Gasteiger partial charge in [0.15, 0.2) is 0 Å². The van der Waals surface area contributed by atoms with Gasteiger partial charge in [0.1, 0.15) is 0 Å². The highest BCUT2D eigenvalue weighted by atomic mass is 35.5. The van der Waals surface area contributed by atoms with Gasteiger partial charge in [0, 0.05) is 17.1 Å². The van der Waals surface area contributed by atoms with E-state index in [1.54, 1.807) is 12.1 Å². The minimum atomic E-state index is -0.272. The molecule has 6 heteroatoms. The zero-order valence-corrected chi connectivity index (χ0v) is 13.5. The minimum Gasteiger partial charge on any atom is -0.392 e. The average molecular weight is 322 g/mol. The van der Waals surface area contributed by atoms with E-state index in [0.29, 0.717) is 29.2 Å². The molecule has 1 aromatic carbocycles. The molecule has 2 unspecified atom stereocenters. The quantitative estimate of drug-likeness (QED) is 0.885. The Kier molecular flexibility index (Phi) is 4.47. The average Bonchev–Trinajstić information content (AvgIpc) is 3.25. The topological polar surface area (TPSA) is 62.4 Å². The van der Waals surface area contributed by atoms with Crippen LogP contribution in [0, 0.1) is 5.92 Å². The standard InChI is InChI=1S/C16H20ClN3O2/c1-10(20(2)9-14(21)11-3-4-11)16-18-15(19-22-16)12-5-7-13(17)8-6-12/h5-8,10-11,14,21H,3-4,9H2,1-2H3. The number of aliphatic hydroxyl groups excluding tert-OH is 1. The molecule has 1 saturated carbocycles. The SMILES string of the molecule is CC(c1nc(-c2ccc(Cl)cc2)no1)N(C)CC(O)C1CC1. The number of benzene rings is 1. The van der Waals surface area contributed by atoms with Crippen LogP contribution in [0.1, 0.15) is 31.7 Å². The number of hydrogen-bond acceptors (Lipinski definition) is 5. The summed E-state index contributed by atoms with van der Waals surface area (Å²) in [5.41, 5.74) is 0.868. The van der Waals surface area contributed by atoms with Crippen molar-refractivity contribution in [1.29, 1.82) is 0 Å². The molecule has 0 amide bonds. The van der Waals surface area contributed by atoms with Crippen molar-refractivity contribution in [3.8, 4) is 11.4 Å². The second-order valence-corrected chi connectivity index (χ2v) is 6.42. The maximum Gasteiger partial charge on any atom is 0.244 e. The second kappa shape index (κ2) is 6.36. The predicted octanol–water partition coefficient (Wildman–Crippen LogP) is 3.15. The van der Waals surface area contributed by atoms with Crippen molar-refractivity contribution in [2.24, 2.45) is 5.92 Å². The Bertz CT molecular complexity index is 625. The number of rotatable bonds is 6. The Morgan fingerprint density at radius 2 is 2.05 bits per heavy atom. The first-order chi connectivity index (χ1) is 10.5. The number of likely N-dealkylation sites (N-methyl/N-ethyl adjacent to an activating group) is 1. The van der Waals surface area contributed by atoms with Crippen LogP contribution in [0.25, 0.3) is 11.4 Å². The van der Waals surface area contributed by atoms with Crippen LogP contribution >= 0.6 is 11.6 Å². The number of aromatic nitrogens is 2. The molecule has 22 heavy (non-hydrogen) atoms. The fourth-order valence-electron chi connectivity index (χ4n) is 2.39. The molecule has 1 aliphatic carbocycles. The van der Waals surface area contributed by atoms with Crippen molar-refractivity contribution in [1.82, 2.24) is 15.0 Å². The Morgan fingerprint density at radius 3 is 2.68 bits per heavy atom. The minimum absolute atomic E-state index is 0.0399. The van der Waals surface area contributed by atoms with E-state index in [9.17, 15) is 5.11 Å². The third kappa shape index (κ3) is 3.48. The highest BCUT2D eigenvalue weighted by molar-refractivity contribution is 6.30. The molecular weight excluding hydrogens is 302 g/mol. The molecular formula is C16H20ClN3O2. The van der Waals surface area contributed by atoms with Crippen LogP contribution < -0.4 is 0 Å². The smallest absolute Gasteiger partial charge is 0.244 e. The first-order valence-corrected chi connectivity index (χ1v) is 7.90. The molecule has 1 heterocycles. The zero-order valence-electron chi connectivity index (χ0n) is 12.7. The summed E-state index contributed by atoms with van der Waals surface area (Å²) in [5, 5.41) is 14.7. The summed E-state index contributed by atoms with van der Waals surface area (Å²) >= 11 is 5.88. The Balaban J connectivity index is 1.67. The molecule has 0 bridgehead atoms. The Labute approximate surface area is 134 Å². The molecule has 118 valence electrons. The molecule has 2 aromatic rings. The molecule has 0 aliphatic heterocycles. The van der Waals surface area contributed by atoms with Crippen molar-refractivity contribution in [2.45, 2.75) is 31.9 Å². The molecule has 0 saturated heterocycles. The zero-order chi connectivity index (χ0) is 15.7. The van der Waals surface area contributed by atoms with E-state index in [1.165, 1.54) is 0 Å². The maximum atomic E-state index is 10.0. The highest BCUT2D eigenvalue weighted by Crippen LogP contribution is 2.33. The van der Waals surface area contributed by atoms with E-state index in [4.69, 9.17) is 16.1 Å². The fourth-order valence-corrected chi connectivity index (χ4v) is 2.52. The molecule has 0 spiro atoms. The molecule has 1 fully saturated rings. The van der Waals surface area contributed by atoms with Gasteiger partial charge in [-0.3, -0.25) is 4.90 Å². The van der Waals surface area contributed by atoms with Gasteiger partial charge < -0.3 is 9.63 Å². The summed E-state index contributed by atoms with van der Waals surface area (Å²) in [4.78, 5) is 6.50. The van der Waals surface area contributed by atoms with Gasteiger partial charge in [0.2, 0.25) is 11.7 Å². The fraction of sp³-hybridized carbons (Fsp3) is 0.500. The molecule has 1 aromatic heterocycles. The van der Waals surface area contributed by atoms with Crippen LogP contribution in [0.2, 0.25) is 5.02 Å². The molecule has 0 radical (unpaired) electrons. The van der Waals surface area contributed by atoms with Crippen molar-refractivity contribution >= 4 is 11.6 Å². The van der Waals surface area contributed by atoms with Gasteiger partial charge in [-0.05, 0) is 57.0 Å². The number of aliphatic hydroxyl groups is 1. The summed E-state index contributed by atoms with van der Waals surface area (Å²) in [5.74, 6) is 1.56. The van der Waals surface area contributed by atoms with E-state index in [1.807, 2.05) is 31.0 Å². The van der Waals surface area contributed by atoms with Crippen molar-refractivity contribution in [3.63, 3.8) is 0 Å². The largest absolute Gasteiger partial charge is 0.392 e. The van der Waals surface area contributed by atoms with Crippen LogP contribution in [0.3, 0.4) is 0 Å². The van der Waals surface area contributed by atoms with E-state index in [2.05, 4.69) is 10.1 Å². The van der Waals surface area contributed by atoms with Crippen molar-refractivity contribution in [2.75, 3.05) is 13.6 Å². The van der Waals surface area contributed by atoms with Crippen LogP contribution in [0.4, 0.5) is 0 Å². The van der Waals surface area contributed by atoms with E-state index >= 15 is 0 Å². The van der Waals surface area contributed by atoms with Gasteiger partial charge in [-0.2, -0.15) is 4.98 Å². The molecule has 3 rings (SSSR count). The first-order valence-electron chi connectivity index (χ1n) is 7.52. The third-order valence-corrected chi connectivity index (χ3v) is 4.46. The van der Waals surface area contributed by atoms with Gasteiger partial charge >= 0.3 is 0 Å². The Hall–Kier alpha value is -1.43. The third-order valence-electron chi connectivity index (χ3n) is 4.20. The number of halogens is 1. The van der Waals surface area contributed by atoms with Crippen LogP contribution in [0.5, 0.6) is 0 Å². The van der Waals surface area contributed by atoms with Crippen LogP contribution in [-0.2, 0) is 0 Å². The summed E-state index contributed by atoms with van der Waals surface area (Å²) in [6, 6.07) is 7.29. The van der Waals surface area contributed by atoms with Crippen molar-refractivity contribution < 1.29 is 9.63 Å². The van der Waals surface area contributed by atoms with Gasteiger partial charge in [0.25, 0.3) is 0 Å². The molecule has 1 aliphatic rings. The van der Waals surface area contributed by atoms with E-state index in [-0.39, 0.29) is 12.1 Å². The lowest BCUT2D eigenvalue weighted by molar-refractivity contribution is 0.0833. The summed E-state index contributed by atoms with van der Waals surface area (Å²) in [7, 11) is 1.96. The van der Waals surface area contributed by atoms with Gasteiger partial charge in [-0.25, -0.2) is 0 Å². The van der Waals surface area contributed by atoms with Crippen molar-refractivity contribution in [3.05, 3.63) is 35.2 Å². The number of hydrogen-bond donors (Lipinski definition) is 1. The van der Waals surface area contributed by atoms with Gasteiger partial charge in [-0.15, -0.1) is 0 Å². The lowest BCUT2D eigenvalue weighted by atomic mass is 10.2. The second-order valence-electron chi connectivity index (χ2n) is 5.98. The van der Waals surface area contributed by atoms with E-state index in [0.717, 1.165) is 18.4 Å². The normalized spacial score (nSPS) is 17.7. The first kappa shape index (κ1) is 15.5. The van der Waals surface area contributed by atoms with Gasteiger partial charge in [-0.1, -0.05) is 16.8 Å². The highest BCUT2D eigenvalue weighted by Gasteiger charge is 2.31. The molecule has 1 N–H and O–H groups in total. The van der Waals surface area contributed by atoms with Gasteiger partial charge in [0.05, 0.1) is 12.1 Å². The summed E-state index contributed by atoms with van der Waals surface area (Å²) in [6.45, 7) is 2.61. The lowest BCUT2D eigenvalue weighted by Crippen LogP contribution is -2.32. The molecule has 5 nitrogen and oxygen atoms in total. The van der Waals surface area contributed by atoms with E-state index < -0.39 is 0 Å². The maximum absolute atomic E-state index is 10.0. The van der Waals surface area contributed by atoms with Crippen LogP contribution in [0.15, 0.2) is 28.8 Å². The Morgan fingerprint density at radius 1 is 1.36 bits per heavy atom.